The van der Waals surface area contributed by atoms with Gasteiger partial charge in [0.25, 0.3) is 0 Å². The molecule has 0 saturated carbocycles. The number of aliphatic carboxylic acids is 3. The van der Waals surface area contributed by atoms with E-state index in [1.54, 1.807) is 0 Å². The summed E-state index contributed by atoms with van der Waals surface area (Å²) in [6.45, 7) is 5.45. The Morgan fingerprint density at radius 1 is 0.473 bits per heavy atom. The molecule has 0 fully saturated rings. The number of carboxylic acid groups (broad SMARTS) is 3. The van der Waals surface area contributed by atoms with Crippen LogP contribution in [0, 0.1) is 5.92 Å². The number of rotatable bonds is 39. The van der Waals surface area contributed by atoms with E-state index in [9.17, 15) is 43.8 Å². The first-order valence-electron chi connectivity index (χ1n) is 19.7. The fourth-order valence-electron chi connectivity index (χ4n) is 5.11. The van der Waals surface area contributed by atoms with Crippen LogP contribution < -0.4 is 16.0 Å². The molecule has 1 unspecified atom stereocenters. The van der Waals surface area contributed by atoms with Crippen LogP contribution in [0.4, 0.5) is 0 Å². The number of ketones is 1. The topological polar surface area (TPSA) is 253 Å². The standard InChI is InChI=1S/C38H67N3O14/c1-29(2)32(42)27-54-25-24-53-22-20-39-35(45)28-55-26-23-52-21-14-13-15-30(37(48)49)40-34(44)19-18-31(38(50)51)41-33(43)16-11-9-7-5-3-4-6-8-10-12-17-36(46)47/h29-31H,3-28H2,1-2H3,(H,39,45)(H,40,44)(H,41,43)(H,46,47)(H,48,49)(H,50,51)/t30-,31?/m0/s1. The number of carboxylic acids is 3. The molecule has 2 atom stereocenters. The van der Waals surface area contributed by atoms with E-state index in [1.807, 2.05) is 13.8 Å². The van der Waals surface area contributed by atoms with E-state index < -0.39 is 41.8 Å². The van der Waals surface area contributed by atoms with Crippen molar-refractivity contribution in [2.75, 3.05) is 59.4 Å². The van der Waals surface area contributed by atoms with Gasteiger partial charge < -0.3 is 50.2 Å². The van der Waals surface area contributed by atoms with Gasteiger partial charge in [-0.2, -0.15) is 0 Å². The first-order chi connectivity index (χ1) is 26.3. The van der Waals surface area contributed by atoms with Crippen LogP contribution in [0.3, 0.4) is 0 Å². The van der Waals surface area contributed by atoms with Gasteiger partial charge in [-0.25, -0.2) is 9.59 Å². The van der Waals surface area contributed by atoms with Crippen LogP contribution in [0.2, 0.25) is 0 Å². The summed E-state index contributed by atoms with van der Waals surface area (Å²) >= 11 is 0. The van der Waals surface area contributed by atoms with Crippen LogP contribution >= 0.6 is 0 Å². The number of hydrogen-bond acceptors (Lipinski definition) is 11. The monoisotopic (exact) mass is 789 g/mol. The van der Waals surface area contributed by atoms with E-state index in [-0.39, 0.29) is 76.1 Å². The molecule has 3 amide bonds. The molecule has 0 aromatic heterocycles. The van der Waals surface area contributed by atoms with Crippen LogP contribution in [-0.4, -0.2) is 128 Å². The van der Waals surface area contributed by atoms with Crippen molar-refractivity contribution in [1.29, 1.82) is 0 Å². The van der Waals surface area contributed by atoms with E-state index in [1.165, 1.54) is 0 Å². The SMILES string of the molecule is CC(C)C(=O)COCCOCCNC(=O)COCCOCCCC[C@H](NC(=O)CCC(NC(=O)CCCCCCCCCCCCC(=O)O)C(=O)O)C(=O)O. The second-order valence-electron chi connectivity index (χ2n) is 13.7. The van der Waals surface area contributed by atoms with Crippen LogP contribution in [0.1, 0.15) is 123 Å². The Labute approximate surface area is 325 Å². The third kappa shape index (κ3) is 33.4. The molecular weight excluding hydrogens is 722 g/mol. The van der Waals surface area contributed by atoms with E-state index in [2.05, 4.69) is 16.0 Å². The summed E-state index contributed by atoms with van der Waals surface area (Å²) in [6.07, 6.45) is 10.4. The summed E-state index contributed by atoms with van der Waals surface area (Å²) in [5.41, 5.74) is 0. The third-order valence-corrected chi connectivity index (χ3v) is 8.44. The molecule has 0 aliphatic carbocycles. The molecule has 0 aromatic carbocycles. The minimum absolute atomic E-state index is 0.0277. The molecule has 6 N–H and O–H groups in total. The van der Waals surface area contributed by atoms with Crippen molar-refractivity contribution < 1.29 is 67.8 Å². The fourth-order valence-corrected chi connectivity index (χ4v) is 5.11. The zero-order valence-electron chi connectivity index (χ0n) is 32.9. The highest BCUT2D eigenvalue weighted by atomic mass is 16.5. The molecule has 0 rings (SSSR count). The molecule has 0 spiro atoms. The Bertz CT molecular complexity index is 1100. The minimum Gasteiger partial charge on any atom is -0.481 e. The lowest BCUT2D eigenvalue weighted by atomic mass is 10.0. The maximum Gasteiger partial charge on any atom is 0.326 e. The molecule has 17 nitrogen and oxygen atoms in total. The second kappa shape index (κ2) is 34.8. The van der Waals surface area contributed by atoms with Crippen molar-refractivity contribution >= 4 is 41.4 Å². The first-order valence-corrected chi connectivity index (χ1v) is 19.7. The number of unbranched alkanes of at least 4 members (excludes halogenated alkanes) is 10. The highest BCUT2D eigenvalue weighted by molar-refractivity contribution is 5.86. The summed E-state index contributed by atoms with van der Waals surface area (Å²) in [4.78, 5) is 81.9. The van der Waals surface area contributed by atoms with E-state index in [0.717, 1.165) is 51.4 Å². The van der Waals surface area contributed by atoms with Gasteiger partial charge >= 0.3 is 17.9 Å². The Hall–Kier alpha value is -3.67. The van der Waals surface area contributed by atoms with Crippen LogP contribution in [-0.2, 0) is 52.5 Å². The summed E-state index contributed by atoms with van der Waals surface area (Å²) in [5.74, 6) is -4.63. The van der Waals surface area contributed by atoms with Gasteiger partial charge in [0.15, 0.2) is 5.78 Å². The number of hydrogen-bond donors (Lipinski definition) is 6. The predicted octanol–water partition coefficient (Wildman–Crippen LogP) is 3.25. The number of amides is 3. The number of carbonyl (C=O) groups excluding carboxylic acids is 4. The van der Waals surface area contributed by atoms with Crippen LogP contribution in [0.15, 0.2) is 0 Å². The van der Waals surface area contributed by atoms with Crippen LogP contribution in [0.5, 0.6) is 0 Å². The van der Waals surface area contributed by atoms with Gasteiger partial charge in [0.1, 0.15) is 25.3 Å². The van der Waals surface area contributed by atoms with Crippen molar-refractivity contribution in [3.05, 3.63) is 0 Å². The Balaban J connectivity index is 3.96. The van der Waals surface area contributed by atoms with Gasteiger partial charge in [0.05, 0.1) is 33.0 Å². The quantitative estimate of drug-likeness (QED) is 0.0489. The van der Waals surface area contributed by atoms with Crippen molar-refractivity contribution in [2.45, 2.75) is 135 Å². The average molecular weight is 790 g/mol. The normalized spacial score (nSPS) is 12.2. The van der Waals surface area contributed by atoms with E-state index in [0.29, 0.717) is 58.7 Å². The number of nitrogens with one attached hydrogen (secondary N) is 3. The predicted molar refractivity (Wildman–Crippen MR) is 201 cm³/mol. The largest absolute Gasteiger partial charge is 0.481 e. The first kappa shape index (κ1) is 51.3. The lowest BCUT2D eigenvalue weighted by molar-refractivity contribution is -0.143. The summed E-state index contributed by atoms with van der Waals surface area (Å²) in [6, 6.07) is -2.42. The Kier molecular flexibility index (Phi) is 32.5. The van der Waals surface area contributed by atoms with E-state index >= 15 is 0 Å². The molecular formula is C38H67N3O14. The van der Waals surface area contributed by atoms with Crippen molar-refractivity contribution in [3.8, 4) is 0 Å². The van der Waals surface area contributed by atoms with Gasteiger partial charge in [-0.3, -0.25) is 24.0 Å². The molecule has 0 bridgehead atoms. The van der Waals surface area contributed by atoms with Gasteiger partial charge in [-0.15, -0.1) is 0 Å². The molecule has 0 radical (unpaired) electrons. The number of ether oxygens (including phenoxy) is 4. The van der Waals surface area contributed by atoms with Gasteiger partial charge in [0.2, 0.25) is 17.7 Å². The summed E-state index contributed by atoms with van der Waals surface area (Å²) in [7, 11) is 0. The van der Waals surface area contributed by atoms with Gasteiger partial charge in [-0.05, 0) is 38.5 Å². The van der Waals surface area contributed by atoms with Gasteiger partial charge in [0, 0.05) is 38.3 Å². The zero-order chi connectivity index (χ0) is 41.1. The van der Waals surface area contributed by atoms with E-state index in [4.69, 9.17) is 24.1 Å². The zero-order valence-corrected chi connectivity index (χ0v) is 32.9. The lowest BCUT2D eigenvalue weighted by Gasteiger charge is -2.17. The lowest BCUT2D eigenvalue weighted by Crippen LogP contribution is -2.43. The Morgan fingerprint density at radius 3 is 1.49 bits per heavy atom. The highest BCUT2D eigenvalue weighted by Gasteiger charge is 2.23. The Morgan fingerprint density at radius 2 is 0.945 bits per heavy atom. The number of Topliss-reactive ketones (excluding diaryl/α,β-unsaturated/α-hetero) is 1. The molecule has 0 heterocycles. The number of carbonyl (C=O) groups is 7. The smallest absolute Gasteiger partial charge is 0.326 e. The van der Waals surface area contributed by atoms with Gasteiger partial charge in [-0.1, -0.05) is 65.2 Å². The maximum atomic E-state index is 12.4. The summed E-state index contributed by atoms with van der Waals surface area (Å²) in [5, 5.41) is 35.2. The van der Waals surface area contributed by atoms with Crippen molar-refractivity contribution in [2.24, 2.45) is 5.92 Å². The highest BCUT2D eigenvalue weighted by Crippen LogP contribution is 2.12. The molecule has 0 aromatic rings. The fraction of sp³-hybridized carbons (Fsp3) is 0.816. The molecule has 0 aliphatic heterocycles. The minimum atomic E-state index is -1.27. The summed E-state index contributed by atoms with van der Waals surface area (Å²) < 4.78 is 21.3. The molecule has 0 saturated heterocycles. The van der Waals surface area contributed by atoms with Crippen LogP contribution in [0.25, 0.3) is 0 Å². The third-order valence-electron chi connectivity index (χ3n) is 8.44. The molecule has 17 heteroatoms. The maximum absolute atomic E-state index is 12.4. The van der Waals surface area contributed by atoms with Crippen molar-refractivity contribution in [3.63, 3.8) is 0 Å². The van der Waals surface area contributed by atoms with Crippen molar-refractivity contribution in [1.82, 2.24) is 16.0 Å². The molecule has 318 valence electrons. The molecule has 55 heavy (non-hydrogen) atoms. The molecule has 0 aliphatic rings. The average Bonchev–Trinajstić information content (AvgIpc) is 3.12. The second-order valence-corrected chi connectivity index (χ2v) is 13.7.